The number of rotatable bonds is 9. The van der Waals surface area contributed by atoms with Gasteiger partial charge in [-0.2, -0.15) is 0 Å². The number of esters is 1. The summed E-state index contributed by atoms with van der Waals surface area (Å²) < 4.78 is 21.9. The van der Waals surface area contributed by atoms with E-state index in [4.69, 9.17) is 4.74 Å². The minimum Gasteiger partial charge on any atom is -0.460 e. The van der Waals surface area contributed by atoms with E-state index in [0.717, 1.165) is 10.5 Å². The number of aryl methyl sites for hydroxylation is 1. The first-order valence-corrected chi connectivity index (χ1v) is 12.4. The van der Waals surface area contributed by atoms with Crippen molar-refractivity contribution in [2.75, 3.05) is 5.75 Å². The molecule has 0 aliphatic rings. The van der Waals surface area contributed by atoms with Crippen LogP contribution in [0.4, 0.5) is 0 Å². The zero-order valence-corrected chi connectivity index (χ0v) is 20.3. The van der Waals surface area contributed by atoms with Crippen LogP contribution in [0.3, 0.4) is 0 Å². The van der Waals surface area contributed by atoms with Crippen molar-refractivity contribution in [3.8, 4) is 0 Å². The number of benzene rings is 2. The first-order valence-electron chi connectivity index (χ1n) is 10.2. The van der Waals surface area contributed by atoms with E-state index in [2.05, 4.69) is 4.72 Å². The van der Waals surface area contributed by atoms with Crippen molar-refractivity contribution in [2.24, 2.45) is 11.8 Å². The summed E-state index contributed by atoms with van der Waals surface area (Å²) >= 11 is 1.61. The highest BCUT2D eigenvalue weighted by Gasteiger charge is 2.35. The molecule has 0 aliphatic carbocycles. The number of carbonyl (C=O) groups is 1. The topological polar surface area (TPSA) is 55.4 Å². The molecule has 6 heteroatoms. The lowest BCUT2D eigenvalue weighted by molar-refractivity contribution is -0.160. The van der Waals surface area contributed by atoms with E-state index < -0.39 is 22.5 Å². The molecule has 3 atom stereocenters. The molecule has 0 amide bonds. The fraction of sp³-hybridized carbons (Fsp3) is 0.458. The molecule has 164 valence electrons. The van der Waals surface area contributed by atoms with E-state index in [9.17, 15) is 9.00 Å². The molecule has 1 N–H and O–H groups in total. The Morgan fingerprint density at radius 2 is 1.67 bits per heavy atom. The fourth-order valence-electron chi connectivity index (χ4n) is 2.93. The van der Waals surface area contributed by atoms with Gasteiger partial charge in [0.05, 0.1) is 10.8 Å². The molecular weight excluding hydrogens is 414 g/mol. The Hall–Kier alpha value is -1.63. The average Bonchev–Trinajstić information content (AvgIpc) is 2.67. The maximum Gasteiger partial charge on any atom is 0.311 e. The van der Waals surface area contributed by atoms with Crippen LogP contribution in [0.15, 0.2) is 64.4 Å². The van der Waals surface area contributed by atoms with E-state index in [0.29, 0.717) is 10.6 Å². The molecule has 2 rings (SSSR count). The van der Waals surface area contributed by atoms with Crippen LogP contribution >= 0.6 is 11.8 Å². The highest BCUT2D eigenvalue weighted by Crippen LogP contribution is 2.27. The monoisotopic (exact) mass is 447 g/mol. The Morgan fingerprint density at radius 1 is 1.07 bits per heavy atom. The lowest BCUT2D eigenvalue weighted by atomic mass is 9.92. The van der Waals surface area contributed by atoms with Gasteiger partial charge in [-0.25, -0.2) is 8.93 Å². The van der Waals surface area contributed by atoms with Crippen LogP contribution in [0.25, 0.3) is 0 Å². The molecule has 0 unspecified atom stereocenters. The normalized spacial score (nSPS) is 14.9. The van der Waals surface area contributed by atoms with Crippen LogP contribution in [0, 0.1) is 18.8 Å². The van der Waals surface area contributed by atoms with E-state index in [-0.39, 0.29) is 17.9 Å². The number of hydrogen-bond acceptors (Lipinski definition) is 4. The van der Waals surface area contributed by atoms with Gasteiger partial charge < -0.3 is 4.74 Å². The molecule has 0 spiro atoms. The number of nitrogens with one attached hydrogen (secondary N) is 1. The smallest absolute Gasteiger partial charge is 0.311 e. The quantitative estimate of drug-likeness (QED) is 0.414. The third-order valence-electron chi connectivity index (χ3n) is 4.51. The molecule has 0 aromatic heterocycles. The van der Waals surface area contributed by atoms with Gasteiger partial charge in [-0.05, 0) is 57.9 Å². The van der Waals surface area contributed by atoms with Crippen molar-refractivity contribution in [3.05, 3.63) is 60.2 Å². The van der Waals surface area contributed by atoms with Crippen molar-refractivity contribution in [2.45, 2.75) is 63.0 Å². The highest BCUT2D eigenvalue weighted by atomic mass is 32.2. The molecule has 2 aromatic rings. The van der Waals surface area contributed by atoms with Gasteiger partial charge in [-0.1, -0.05) is 49.7 Å². The molecule has 4 nitrogen and oxygen atoms in total. The van der Waals surface area contributed by atoms with E-state index in [1.165, 1.54) is 0 Å². The Balaban J connectivity index is 2.24. The number of carbonyl (C=O) groups excluding carboxylic acids is 1. The Morgan fingerprint density at radius 3 is 2.20 bits per heavy atom. The Labute approximate surface area is 187 Å². The SMILES string of the molecule is Cc1ccc([S@](=O)N[C@@H](C(C)C)[C@@H](CSc2ccccc2)C(=O)OC(C)(C)C)cc1. The lowest BCUT2D eigenvalue weighted by Gasteiger charge is -2.31. The minimum absolute atomic E-state index is 0.0910. The van der Waals surface area contributed by atoms with Gasteiger partial charge >= 0.3 is 5.97 Å². The second kappa shape index (κ2) is 11.1. The predicted octanol–water partition coefficient (Wildman–Crippen LogP) is 5.38. The Bertz CT molecular complexity index is 830. The van der Waals surface area contributed by atoms with E-state index >= 15 is 0 Å². The van der Waals surface area contributed by atoms with Crippen molar-refractivity contribution < 1.29 is 13.7 Å². The Kier molecular flexibility index (Phi) is 9.13. The molecule has 0 saturated heterocycles. The average molecular weight is 448 g/mol. The summed E-state index contributed by atoms with van der Waals surface area (Å²) in [4.78, 5) is 14.9. The molecular formula is C24H33NO3S2. The van der Waals surface area contributed by atoms with Gasteiger partial charge in [0, 0.05) is 16.7 Å². The van der Waals surface area contributed by atoms with Crippen molar-refractivity contribution in [1.82, 2.24) is 4.72 Å². The summed E-state index contributed by atoms with van der Waals surface area (Å²) in [6.45, 7) is 11.7. The molecule has 2 aromatic carbocycles. The van der Waals surface area contributed by atoms with Gasteiger partial charge in [-0.15, -0.1) is 11.8 Å². The number of thioether (sulfide) groups is 1. The van der Waals surface area contributed by atoms with Gasteiger partial charge in [0.25, 0.3) is 0 Å². The summed E-state index contributed by atoms with van der Waals surface area (Å²) in [6, 6.07) is 17.3. The third kappa shape index (κ3) is 7.89. The van der Waals surface area contributed by atoms with Gasteiger partial charge in [0.15, 0.2) is 0 Å². The first kappa shape index (κ1) is 24.6. The van der Waals surface area contributed by atoms with Crippen LogP contribution in [-0.4, -0.2) is 27.6 Å². The van der Waals surface area contributed by atoms with Gasteiger partial charge in [0.2, 0.25) is 0 Å². The van der Waals surface area contributed by atoms with Crippen LogP contribution in [-0.2, 0) is 20.5 Å². The van der Waals surface area contributed by atoms with Crippen molar-refractivity contribution >= 4 is 28.7 Å². The fourth-order valence-corrected chi connectivity index (χ4v) is 5.20. The van der Waals surface area contributed by atoms with Crippen LogP contribution in [0.1, 0.15) is 40.2 Å². The maximum atomic E-state index is 13.1. The summed E-state index contributed by atoms with van der Waals surface area (Å²) in [7, 11) is -1.42. The second-order valence-electron chi connectivity index (χ2n) is 8.73. The summed E-state index contributed by atoms with van der Waals surface area (Å²) in [6.07, 6.45) is 0. The molecule has 0 radical (unpaired) electrons. The maximum absolute atomic E-state index is 13.1. The molecule has 0 heterocycles. The first-order chi connectivity index (χ1) is 14.1. The standard InChI is InChI=1S/C24H33NO3S2/c1-17(2)22(25-30(27)20-14-12-18(3)13-15-20)21(23(26)28-24(4,5)6)16-29-19-10-8-7-9-11-19/h7-15,17,21-22,25H,16H2,1-6H3/t21-,22+,30+/m1/s1. The zero-order chi connectivity index (χ0) is 22.3. The van der Waals surface area contributed by atoms with Gasteiger partial charge in [0.1, 0.15) is 16.6 Å². The van der Waals surface area contributed by atoms with Crippen LogP contribution in [0.5, 0.6) is 0 Å². The van der Waals surface area contributed by atoms with Crippen LogP contribution < -0.4 is 4.72 Å². The van der Waals surface area contributed by atoms with E-state index in [1.807, 2.05) is 96.1 Å². The second-order valence-corrected chi connectivity index (χ2v) is 11.1. The summed E-state index contributed by atoms with van der Waals surface area (Å²) in [5.41, 5.74) is 0.534. The third-order valence-corrected chi connectivity index (χ3v) is 6.83. The largest absolute Gasteiger partial charge is 0.460 e. The van der Waals surface area contributed by atoms with Crippen molar-refractivity contribution in [1.29, 1.82) is 0 Å². The molecule has 0 bridgehead atoms. The molecule has 0 saturated carbocycles. The molecule has 0 fully saturated rings. The number of ether oxygens (including phenoxy) is 1. The minimum atomic E-state index is -1.42. The van der Waals surface area contributed by atoms with Crippen LogP contribution in [0.2, 0.25) is 0 Å². The summed E-state index contributed by atoms with van der Waals surface area (Å²) in [5.74, 6) is -0.0741. The molecule has 0 aliphatic heterocycles. The zero-order valence-electron chi connectivity index (χ0n) is 18.7. The highest BCUT2D eigenvalue weighted by molar-refractivity contribution is 7.99. The summed E-state index contributed by atoms with van der Waals surface area (Å²) in [5, 5.41) is 0. The number of hydrogen-bond donors (Lipinski definition) is 1. The predicted molar refractivity (Wildman–Crippen MR) is 126 cm³/mol. The molecule has 30 heavy (non-hydrogen) atoms. The van der Waals surface area contributed by atoms with E-state index in [1.54, 1.807) is 11.8 Å². The van der Waals surface area contributed by atoms with Gasteiger partial charge in [-0.3, -0.25) is 4.79 Å². The van der Waals surface area contributed by atoms with Crippen molar-refractivity contribution in [3.63, 3.8) is 0 Å². The lowest BCUT2D eigenvalue weighted by Crippen LogP contribution is -2.47.